The van der Waals surface area contributed by atoms with Gasteiger partial charge in [-0.1, -0.05) is 30.3 Å². The van der Waals surface area contributed by atoms with Gasteiger partial charge in [-0.15, -0.1) is 0 Å². The number of carbonyl (C=O) groups is 3. The summed E-state index contributed by atoms with van der Waals surface area (Å²) >= 11 is 0. The van der Waals surface area contributed by atoms with E-state index in [-0.39, 0.29) is 30.9 Å². The fourth-order valence-electron chi connectivity index (χ4n) is 4.62. The number of cyclic esters (lactones) is 1. The summed E-state index contributed by atoms with van der Waals surface area (Å²) in [4.78, 5) is 39.1. The highest BCUT2D eigenvalue weighted by Crippen LogP contribution is 2.43. The summed E-state index contributed by atoms with van der Waals surface area (Å²) in [5, 5.41) is 2.87. The molecule has 1 N–H and O–H groups in total. The van der Waals surface area contributed by atoms with Crippen molar-refractivity contribution in [3.8, 4) is 0 Å². The molecule has 8 heteroatoms. The lowest BCUT2D eigenvalue weighted by molar-refractivity contribution is -0.164. The van der Waals surface area contributed by atoms with E-state index in [0.29, 0.717) is 6.61 Å². The molecule has 0 radical (unpaired) electrons. The van der Waals surface area contributed by atoms with E-state index in [4.69, 9.17) is 14.2 Å². The van der Waals surface area contributed by atoms with Gasteiger partial charge in [0.05, 0.1) is 6.42 Å². The van der Waals surface area contributed by atoms with Gasteiger partial charge in [0.15, 0.2) is 0 Å². The van der Waals surface area contributed by atoms with Gasteiger partial charge in [0, 0.05) is 12.6 Å². The summed E-state index contributed by atoms with van der Waals surface area (Å²) < 4.78 is 16.0. The van der Waals surface area contributed by atoms with E-state index >= 15 is 0 Å². The Morgan fingerprint density at radius 2 is 2.03 bits per heavy atom. The van der Waals surface area contributed by atoms with Gasteiger partial charge in [-0.25, -0.2) is 4.79 Å². The number of benzene rings is 1. The Morgan fingerprint density at radius 3 is 2.79 bits per heavy atom. The van der Waals surface area contributed by atoms with E-state index < -0.39 is 30.4 Å². The van der Waals surface area contributed by atoms with Crippen LogP contribution in [0.2, 0.25) is 0 Å². The van der Waals surface area contributed by atoms with Crippen LogP contribution in [-0.2, 0) is 30.4 Å². The van der Waals surface area contributed by atoms with Crippen molar-refractivity contribution in [2.45, 2.75) is 63.6 Å². The summed E-state index contributed by atoms with van der Waals surface area (Å²) in [7, 11) is 0. The predicted octanol–water partition coefficient (Wildman–Crippen LogP) is 1.97. The lowest BCUT2D eigenvalue weighted by Gasteiger charge is -2.34. The van der Waals surface area contributed by atoms with Crippen LogP contribution in [0.5, 0.6) is 0 Å². The van der Waals surface area contributed by atoms with Crippen LogP contribution in [0.1, 0.15) is 38.2 Å². The van der Waals surface area contributed by atoms with Crippen LogP contribution < -0.4 is 5.32 Å². The van der Waals surface area contributed by atoms with Crippen molar-refractivity contribution in [3.63, 3.8) is 0 Å². The average molecular weight is 402 g/mol. The quantitative estimate of drug-likeness (QED) is 0.731. The summed E-state index contributed by atoms with van der Waals surface area (Å²) in [6.07, 6.45) is 1.39. The summed E-state index contributed by atoms with van der Waals surface area (Å²) in [6, 6.07) is 8.33. The molecule has 1 aromatic carbocycles. The van der Waals surface area contributed by atoms with Crippen LogP contribution in [0.4, 0.5) is 4.79 Å². The smallest absolute Gasteiger partial charge is 0.411 e. The summed E-state index contributed by atoms with van der Waals surface area (Å²) in [5.41, 5.74) is 0.896. The van der Waals surface area contributed by atoms with Crippen molar-refractivity contribution in [2.24, 2.45) is 5.92 Å². The molecule has 0 aromatic heterocycles. The van der Waals surface area contributed by atoms with Gasteiger partial charge in [-0.3, -0.25) is 14.5 Å². The molecule has 1 aromatic rings. The number of rotatable bonds is 6. The number of hydrogen-bond acceptors (Lipinski definition) is 6. The first-order valence-corrected chi connectivity index (χ1v) is 10.2. The first-order chi connectivity index (χ1) is 14.1. The first kappa shape index (κ1) is 19.7. The second kappa shape index (κ2) is 8.41. The van der Waals surface area contributed by atoms with Crippen LogP contribution in [0.3, 0.4) is 0 Å². The monoisotopic (exact) mass is 402 g/mol. The van der Waals surface area contributed by atoms with Gasteiger partial charge in [-0.2, -0.15) is 0 Å². The van der Waals surface area contributed by atoms with Gasteiger partial charge >= 0.3 is 12.1 Å². The maximum Gasteiger partial charge on any atom is 0.411 e. The Labute approximate surface area is 169 Å². The molecule has 3 aliphatic rings. The van der Waals surface area contributed by atoms with Crippen molar-refractivity contribution in [1.82, 2.24) is 10.2 Å². The molecule has 2 saturated heterocycles. The number of esters is 1. The Bertz CT molecular complexity index is 770. The fraction of sp³-hybridized carbons (Fsp3) is 0.571. The Hall–Kier alpha value is -2.61. The van der Waals surface area contributed by atoms with Crippen LogP contribution in [0.15, 0.2) is 30.3 Å². The molecule has 1 saturated carbocycles. The number of ether oxygens (including phenoxy) is 3. The molecule has 4 rings (SSSR count). The number of carbonyl (C=O) groups excluding carboxylic acids is 3. The van der Waals surface area contributed by atoms with Crippen molar-refractivity contribution in [3.05, 3.63) is 35.9 Å². The highest BCUT2D eigenvalue weighted by atomic mass is 16.7. The van der Waals surface area contributed by atoms with E-state index in [2.05, 4.69) is 5.32 Å². The average Bonchev–Trinajstić information content (AvgIpc) is 3.42. The van der Waals surface area contributed by atoms with E-state index in [0.717, 1.165) is 24.8 Å². The van der Waals surface area contributed by atoms with E-state index in [1.54, 1.807) is 11.8 Å². The molecule has 3 fully saturated rings. The van der Waals surface area contributed by atoms with E-state index in [9.17, 15) is 14.4 Å². The molecule has 2 bridgehead atoms. The molecule has 2 amide bonds. The number of likely N-dealkylation sites (tertiary alicyclic amines) is 1. The largest absolute Gasteiger partial charge is 0.445 e. The van der Waals surface area contributed by atoms with Gasteiger partial charge in [0.1, 0.15) is 18.7 Å². The van der Waals surface area contributed by atoms with Gasteiger partial charge in [-0.05, 0) is 37.7 Å². The topological polar surface area (TPSA) is 94.2 Å². The molecule has 2 heterocycles. The molecule has 3 unspecified atom stereocenters. The van der Waals surface area contributed by atoms with Gasteiger partial charge in [0.25, 0.3) is 0 Å². The molecule has 5 atom stereocenters. The second-order valence-electron chi connectivity index (χ2n) is 7.75. The highest BCUT2D eigenvalue weighted by Gasteiger charge is 2.53. The molecule has 1 aliphatic carbocycles. The third-order valence-corrected chi connectivity index (χ3v) is 5.89. The lowest BCUT2D eigenvalue weighted by Crippen LogP contribution is -2.55. The zero-order valence-electron chi connectivity index (χ0n) is 16.4. The Kier molecular flexibility index (Phi) is 5.71. The molecule has 29 heavy (non-hydrogen) atoms. The minimum atomic E-state index is -0.784. The summed E-state index contributed by atoms with van der Waals surface area (Å²) in [5.74, 6) is -0.574. The van der Waals surface area contributed by atoms with Crippen LogP contribution >= 0.6 is 0 Å². The Morgan fingerprint density at radius 1 is 1.24 bits per heavy atom. The van der Waals surface area contributed by atoms with E-state index in [1.165, 1.54) is 0 Å². The van der Waals surface area contributed by atoms with Crippen molar-refractivity contribution in [2.75, 3.05) is 6.61 Å². The number of piperidine rings is 1. The number of nitrogens with one attached hydrogen (secondary N) is 1. The SMILES string of the molecule is CCO[C@@H]1OC(=O)C[C@@H]1NC(=O)C1C2CCC(C2)N1C(=O)OCc1ccccc1. The predicted molar refractivity (Wildman–Crippen MR) is 101 cm³/mol. The molecular formula is C21H26N2O6. The van der Waals surface area contributed by atoms with Crippen molar-refractivity contribution in [1.29, 1.82) is 0 Å². The maximum absolute atomic E-state index is 13.1. The van der Waals surface area contributed by atoms with Gasteiger partial charge < -0.3 is 19.5 Å². The molecular weight excluding hydrogens is 376 g/mol. The zero-order chi connectivity index (χ0) is 20.4. The normalized spacial score (nSPS) is 30.3. The number of nitrogens with zero attached hydrogens (tertiary/aromatic N) is 1. The van der Waals surface area contributed by atoms with Crippen LogP contribution in [0, 0.1) is 5.92 Å². The zero-order valence-corrected chi connectivity index (χ0v) is 16.4. The molecule has 8 nitrogen and oxygen atoms in total. The van der Waals surface area contributed by atoms with Gasteiger partial charge in [0.2, 0.25) is 12.2 Å². The third-order valence-electron chi connectivity index (χ3n) is 5.89. The maximum atomic E-state index is 13.1. The Balaban J connectivity index is 1.41. The number of amides is 2. The summed E-state index contributed by atoms with van der Waals surface area (Å²) in [6.45, 7) is 2.33. The first-order valence-electron chi connectivity index (χ1n) is 10.2. The van der Waals surface area contributed by atoms with Crippen molar-refractivity contribution >= 4 is 18.0 Å². The fourth-order valence-corrected chi connectivity index (χ4v) is 4.62. The van der Waals surface area contributed by atoms with E-state index in [1.807, 2.05) is 30.3 Å². The van der Waals surface area contributed by atoms with Crippen molar-refractivity contribution < 1.29 is 28.6 Å². The van der Waals surface area contributed by atoms with Crippen LogP contribution in [-0.4, -0.2) is 53.9 Å². The number of fused-ring (bicyclic) bond motifs is 2. The third kappa shape index (κ3) is 4.07. The second-order valence-corrected chi connectivity index (χ2v) is 7.75. The minimum absolute atomic E-state index is 0.0168. The minimum Gasteiger partial charge on any atom is -0.445 e. The highest BCUT2D eigenvalue weighted by molar-refractivity contribution is 5.88. The standard InChI is InChI=1S/C21H26N2O6/c1-2-27-20-16(11-17(24)29-20)22-19(25)18-14-8-9-15(10-14)23(18)21(26)28-12-13-6-4-3-5-7-13/h3-7,14-16,18,20H,2,8-12H2,1H3,(H,22,25)/t14?,15?,16-,18?,20+/m0/s1. The van der Waals surface area contributed by atoms with Crippen LogP contribution in [0.25, 0.3) is 0 Å². The molecule has 0 spiro atoms. The molecule has 156 valence electrons. The number of hydrogen-bond donors (Lipinski definition) is 1. The lowest BCUT2D eigenvalue weighted by atomic mass is 9.97. The molecule has 2 aliphatic heterocycles.